The number of nitrogens with one attached hydrogen (secondary N) is 1. The summed E-state index contributed by atoms with van der Waals surface area (Å²) in [5.74, 6) is -0.528. The maximum absolute atomic E-state index is 12.0. The minimum atomic E-state index is -0.625. The lowest BCUT2D eigenvalue weighted by Gasteiger charge is -2.08. The van der Waals surface area contributed by atoms with Gasteiger partial charge >= 0.3 is 5.97 Å². The summed E-state index contributed by atoms with van der Waals surface area (Å²) in [6.45, 7) is 0.300. The van der Waals surface area contributed by atoms with Crippen molar-refractivity contribution in [2.45, 2.75) is 0 Å². The van der Waals surface area contributed by atoms with E-state index in [1.165, 1.54) is 31.4 Å². The molecule has 0 aliphatic carbocycles. The minimum absolute atomic E-state index is 0.0518. The Morgan fingerprint density at radius 2 is 1.90 bits per heavy atom. The molecule has 0 spiro atoms. The van der Waals surface area contributed by atoms with Gasteiger partial charge in [-0.1, -0.05) is 35.3 Å². The van der Waals surface area contributed by atoms with Crippen molar-refractivity contribution in [3.8, 4) is 17.6 Å². The summed E-state index contributed by atoms with van der Waals surface area (Å²) in [4.78, 5) is 23.9. The molecule has 2 aromatic carbocycles. The van der Waals surface area contributed by atoms with Crippen LogP contribution in [0.1, 0.15) is 5.56 Å². The largest absolute Gasteiger partial charge is 0.480 e. The summed E-state index contributed by atoms with van der Waals surface area (Å²) in [6, 6.07) is 12.8. The molecule has 2 aromatic rings. The minimum Gasteiger partial charge on any atom is -0.480 e. The van der Waals surface area contributed by atoms with Crippen LogP contribution in [-0.2, 0) is 14.3 Å². The Balaban J connectivity index is 1.92. The van der Waals surface area contributed by atoms with Crippen molar-refractivity contribution in [3.63, 3.8) is 0 Å². The number of amides is 1. The van der Waals surface area contributed by atoms with Crippen LogP contribution in [0.4, 0.5) is 0 Å². The number of carbonyl (C=O) groups excluding carboxylic acids is 2. The van der Waals surface area contributed by atoms with Gasteiger partial charge in [0, 0.05) is 18.7 Å². The molecule has 1 N–H and O–H groups in total. The van der Waals surface area contributed by atoms with Crippen molar-refractivity contribution in [1.29, 1.82) is 5.26 Å². The predicted molar refractivity (Wildman–Crippen MR) is 113 cm³/mol. The summed E-state index contributed by atoms with van der Waals surface area (Å²) in [6.07, 6.45) is 1.43. The number of halogens is 2. The average molecular weight is 449 g/mol. The van der Waals surface area contributed by atoms with Crippen LogP contribution < -0.4 is 14.8 Å². The summed E-state index contributed by atoms with van der Waals surface area (Å²) in [5.41, 5.74) is 0.543. The average Bonchev–Trinajstić information content (AvgIpc) is 2.72. The third-order valence-corrected chi connectivity index (χ3v) is 4.15. The molecule has 0 aliphatic rings. The third kappa shape index (κ3) is 7.41. The number of ether oxygens (including phenoxy) is 3. The van der Waals surface area contributed by atoms with E-state index in [2.05, 4.69) is 5.32 Å². The molecule has 2 rings (SSSR count). The predicted octanol–water partition coefficient (Wildman–Crippen LogP) is 3.65. The van der Waals surface area contributed by atoms with Gasteiger partial charge in [0.25, 0.3) is 5.91 Å². The number of hydrogen-bond donors (Lipinski definition) is 1. The molecule has 0 heterocycles. The molecule has 0 atom stereocenters. The van der Waals surface area contributed by atoms with Crippen molar-refractivity contribution >= 4 is 41.2 Å². The number of hydrogen-bond acceptors (Lipinski definition) is 6. The van der Waals surface area contributed by atoms with Gasteiger partial charge in [-0.3, -0.25) is 4.79 Å². The lowest BCUT2D eigenvalue weighted by Crippen LogP contribution is -2.27. The first-order chi connectivity index (χ1) is 14.4. The number of esters is 1. The van der Waals surface area contributed by atoms with Gasteiger partial charge in [0.05, 0.1) is 11.6 Å². The summed E-state index contributed by atoms with van der Waals surface area (Å²) < 4.78 is 15.3. The zero-order valence-corrected chi connectivity index (χ0v) is 17.5. The van der Waals surface area contributed by atoms with Crippen LogP contribution in [0.2, 0.25) is 10.0 Å². The van der Waals surface area contributed by atoms with Gasteiger partial charge in [-0.2, -0.15) is 5.26 Å². The first kappa shape index (κ1) is 23.2. The summed E-state index contributed by atoms with van der Waals surface area (Å²) in [7, 11) is 1.51. The Bertz CT molecular complexity index is 968. The normalized spacial score (nSPS) is 10.8. The SMILES string of the molecule is COCCNC(=O)/C(C#N)=C/c1ccc(OC(=O)COc2ccc(Cl)cc2Cl)cc1. The van der Waals surface area contributed by atoms with E-state index in [-0.39, 0.29) is 23.0 Å². The fourth-order valence-electron chi connectivity index (χ4n) is 2.20. The topological polar surface area (TPSA) is 97.6 Å². The van der Waals surface area contributed by atoms with E-state index in [0.717, 1.165) is 0 Å². The molecule has 1 amide bonds. The van der Waals surface area contributed by atoms with E-state index in [4.69, 9.17) is 42.7 Å². The van der Waals surface area contributed by atoms with Crippen LogP contribution >= 0.6 is 23.2 Å². The Hall–Kier alpha value is -3.05. The molecule has 9 heteroatoms. The van der Waals surface area contributed by atoms with Crippen LogP contribution in [0, 0.1) is 11.3 Å². The molecular weight excluding hydrogens is 431 g/mol. The zero-order valence-electron chi connectivity index (χ0n) is 16.0. The summed E-state index contributed by atoms with van der Waals surface area (Å²) >= 11 is 11.8. The molecule has 30 heavy (non-hydrogen) atoms. The van der Waals surface area contributed by atoms with E-state index in [1.807, 2.05) is 6.07 Å². The second-order valence-corrected chi connectivity index (χ2v) is 6.67. The molecule has 156 valence electrons. The van der Waals surface area contributed by atoms with E-state index in [0.29, 0.717) is 29.5 Å². The van der Waals surface area contributed by atoms with Gasteiger partial charge in [-0.05, 0) is 42.0 Å². The van der Waals surface area contributed by atoms with E-state index in [1.54, 1.807) is 24.3 Å². The molecule has 0 saturated carbocycles. The fourth-order valence-corrected chi connectivity index (χ4v) is 2.66. The van der Waals surface area contributed by atoms with Crippen LogP contribution in [0.5, 0.6) is 11.5 Å². The van der Waals surface area contributed by atoms with Gasteiger partial charge in [0.15, 0.2) is 6.61 Å². The molecule has 0 saturated heterocycles. The molecule has 0 aromatic heterocycles. The third-order valence-electron chi connectivity index (χ3n) is 3.62. The van der Waals surface area contributed by atoms with Crippen molar-refractivity contribution in [1.82, 2.24) is 5.32 Å². The van der Waals surface area contributed by atoms with E-state index in [9.17, 15) is 9.59 Å². The fraction of sp³-hybridized carbons (Fsp3) is 0.190. The van der Waals surface area contributed by atoms with Gasteiger partial charge < -0.3 is 19.5 Å². The number of nitrogens with zero attached hydrogens (tertiary/aromatic N) is 1. The molecule has 7 nitrogen and oxygen atoms in total. The molecule has 0 radical (unpaired) electrons. The highest BCUT2D eigenvalue weighted by atomic mass is 35.5. The van der Waals surface area contributed by atoms with Gasteiger partial charge in [-0.15, -0.1) is 0 Å². The van der Waals surface area contributed by atoms with E-state index >= 15 is 0 Å². The van der Waals surface area contributed by atoms with Gasteiger partial charge in [0.1, 0.15) is 23.1 Å². The lowest BCUT2D eigenvalue weighted by atomic mass is 10.1. The monoisotopic (exact) mass is 448 g/mol. The summed E-state index contributed by atoms with van der Waals surface area (Å²) in [5, 5.41) is 12.5. The van der Waals surface area contributed by atoms with Gasteiger partial charge in [0.2, 0.25) is 0 Å². The molecule has 0 unspecified atom stereocenters. The van der Waals surface area contributed by atoms with Crippen molar-refractivity contribution in [3.05, 3.63) is 63.6 Å². The van der Waals surface area contributed by atoms with Crippen LogP contribution in [0.15, 0.2) is 48.0 Å². The maximum atomic E-state index is 12.0. The maximum Gasteiger partial charge on any atom is 0.349 e. The van der Waals surface area contributed by atoms with Crippen LogP contribution in [0.3, 0.4) is 0 Å². The standard InChI is InChI=1S/C21H18Cl2N2O5/c1-28-9-8-25-21(27)15(12-24)10-14-2-5-17(6-3-14)30-20(26)13-29-19-7-4-16(22)11-18(19)23/h2-7,10-11H,8-9,13H2,1H3,(H,25,27)/b15-10+. The van der Waals surface area contributed by atoms with E-state index < -0.39 is 11.9 Å². The van der Waals surface area contributed by atoms with Crippen molar-refractivity contribution in [2.24, 2.45) is 0 Å². The molecule has 0 bridgehead atoms. The highest BCUT2D eigenvalue weighted by Crippen LogP contribution is 2.27. The number of carbonyl (C=O) groups is 2. The Morgan fingerprint density at radius 1 is 1.17 bits per heavy atom. The number of benzene rings is 2. The van der Waals surface area contributed by atoms with Crippen LogP contribution in [0.25, 0.3) is 6.08 Å². The highest BCUT2D eigenvalue weighted by molar-refractivity contribution is 6.35. The Labute approximate surface area is 183 Å². The highest BCUT2D eigenvalue weighted by Gasteiger charge is 2.10. The molecule has 0 aliphatic heterocycles. The number of rotatable bonds is 9. The van der Waals surface area contributed by atoms with Crippen molar-refractivity contribution < 1.29 is 23.8 Å². The molecule has 0 fully saturated rings. The smallest absolute Gasteiger partial charge is 0.349 e. The number of methoxy groups -OCH3 is 1. The number of nitriles is 1. The second-order valence-electron chi connectivity index (χ2n) is 5.83. The quantitative estimate of drug-likeness (QED) is 0.206. The second kappa shape index (κ2) is 11.8. The first-order valence-electron chi connectivity index (χ1n) is 8.70. The zero-order chi connectivity index (χ0) is 21.9. The van der Waals surface area contributed by atoms with Crippen molar-refractivity contribution in [2.75, 3.05) is 26.9 Å². The Morgan fingerprint density at radius 3 is 2.53 bits per heavy atom. The lowest BCUT2D eigenvalue weighted by molar-refractivity contribution is -0.136. The van der Waals surface area contributed by atoms with Gasteiger partial charge in [-0.25, -0.2) is 4.79 Å². The first-order valence-corrected chi connectivity index (χ1v) is 9.46. The van der Waals surface area contributed by atoms with Crippen LogP contribution in [-0.4, -0.2) is 38.7 Å². The molecular formula is C21H18Cl2N2O5. The Kier molecular flexibility index (Phi) is 9.16.